The molecule has 0 bridgehead atoms. The van der Waals surface area contributed by atoms with E-state index >= 15 is 0 Å². The average Bonchev–Trinajstić information content (AvgIpc) is 2.69. The van der Waals surface area contributed by atoms with Crippen molar-refractivity contribution in [3.63, 3.8) is 0 Å². The van der Waals surface area contributed by atoms with Crippen LogP contribution in [0.3, 0.4) is 0 Å². The minimum atomic E-state index is -0.379. The molecule has 27 heavy (non-hydrogen) atoms. The van der Waals surface area contributed by atoms with Gasteiger partial charge in [0, 0.05) is 21.5 Å². The fourth-order valence-corrected chi connectivity index (χ4v) is 3.66. The van der Waals surface area contributed by atoms with Gasteiger partial charge in [0.1, 0.15) is 0 Å². The molecule has 132 valence electrons. The van der Waals surface area contributed by atoms with Crippen LogP contribution in [-0.4, -0.2) is 14.9 Å². The number of halogens is 1. The lowest BCUT2D eigenvalue weighted by molar-refractivity contribution is -0.387. The number of aromatic nitrogens is 2. The number of fused-ring (bicyclic) bond motifs is 1. The lowest BCUT2D eigenvalue weighted by Crippen LogP contribution is -1.94. The fourth-order valence-electron chi connectivity index (χ4n) is 2.63. The lowest BCUT2D eigenvalue weighted by atomic mass is 10.1. The van der Waals surface area contributed by atoms with Crippen LogP contribution >= 0.6 is 23.4 Å². The van der Waals surface area contributed by atoms with Crippen molar-refractivity contribution >= 4 is 40.1 Å². The van der Waals surface area contributed by atoms with Crippen LogP contribution < -0.4 is 0 Å². The van der Waals surface area contributed by atoms with Gasteiger partial charge in [-0.05, 0) is 42.5 Å². The molecule has 0 aliphatic heterocycles. The van der Waals surface area contributed by atoms with Crippen LogP contribution in [0.15, 0.2) is 82.7 Å². The van der Waals surface area contributed by atoms with E-state index in [-0.39, 0.29) is 10.6 Å². The van der Waals surface area contributed by atoms with Gasteiger partial charge in [-0.15, -0.1) is 0 Å². The highest BCUT2D eigenvalue weighted by Gasteiger charge is 2.17. The minimum Gasteiger partial charge on any atom is -0.258 e. The van der Waals surface area contributed by atoms with Crippen molar-refractivity contribution in [3.05, 3.63) is 88.1 Å². The van der Waals surface area contributed by atoms with E-state index in [1.165, 1.54) is 17.8 Å². The van der Waals surface area contributed by atoms with Crippen LogP contribution in [0, 0.1) is 10.1 Å². The van der Waals surface area contributed by atoms with Gasteiger partial charge in [-0.2, -0.15) is 0 Å². The molecule has 1 heterocycles. The summed E-state index contributed by atoms with van der Waals surface area (Å²) >= 11 is 7.22. The quantitative estimate of drug-likeness (QED) is 0.313. The van der Waals surface area contributed by atoms with Crippen molar-refractivity contribution in [1.82, 2.24) is 9.97 Å². The molecule has 0 atom stereocenters. The Balaban J connectivity index is 1.73. The smallest absolute Gasteiger partial charge is 0.258 e. The van der Waals surface area contributed by atoms with Crippen molar-refractivity contribution in [3.8, 4) is 11.3 Å². The van der Waals surface area contributed by atoms with E-state index in [1.54, 1.807) is 24.4 Å². The molecule has 5 nitrogen and oxygen atoms in total. The van der Waals surface area contributed by atoms with Crippen LogP contribution in [0.2, 0.25) is 5.02 Å². The third-order valence-corrected chi connectivity index (χ3v) is 5.27. The standard InChI is InChI=1S/C20H12ClN3O2S/c21-14-6-8-15(9-7-14)27-20-10-5-13(11-19(20)24(25)26)18-12-22-16-3-1-2-4-17(16)23-18/h1-12H. The van der Waals surface area contributed by atoms with Crippen LogP contribution in [0.25, 0.3) is 22.3 Å². The van der Waals surface area contributed by atoms with Gasteiger partial charge in [0.2, 0.25) is 0 Å². The first-order valence-corrected chi connectivity index (χ1v) is 9.23. The van der Waals surface area contributed by atoms with E-state index in [9.17, 15) is 10.1 Å². The first kappa shape index (κ1) is 17.5. The number of nitrogens with zero attached hydrogens (tertiary/aromatic N) is 3. The normalized spacial score (nSPS) is 10.9. The molecule has 4 aromatic rings. The summed E-state index contributed by atoms with van der Waals surface area (Å²) in [4.78, 5) is 21.6. The number of rotatable bonds is 4. The molecule has 0 spiro atoms. The second-order valence-electron chi connectivity index (χ2n) is 5.74. The summed E-state index contributed by atoms with van der Waals surface area (Å²) in [5.74, 6) is 0. The zero-order valence-electron chi connectivity index (χ0n) is 13.9. The topological polar surface area (TPSA) is 68.9 Å². The molecule has 0 aliphatic carbocycles. The number of hydrogen-bond acceptors (Lipinski definition) is 5. The lowest BCUT2D eigenvalue weighted by Gasteiger charge is -2.07. The van der Waals surface area contributed by atoms with E-state index in [4.69, 9.17) is 11.6 Å². The van der Waals surface area contributed by atoms with E-state index in [1.807, 2.05) is 42.5 Å². The molecule has 0 radical (unpaired) electrons. The van der Waals surface area contributed by atoms with E-state index in [0.29, 0.717) is 21.2 Å². The van der Waals surface area contributed by atoms with Gasteiger partial charge in [-0.3, -0.25) is 15.1 Å². The van der Waals surface area contributed by atoms with Crippen molar-refractivity contribution in [2.45, 2.75) is 9.79 Å². The second-order valence-corrected chi connectivity index (χ2v) is 7.29. The number of para-hydroxylation sites is 2. The fraction of sp³-hybridized carbons (Fsp3) is 0. The van der Waals surface area contributed by atoms with Gasteiger partial charge in [0.05, 0.1) is 32.7 Å². The molecule has 7 heteroatoms. The highest BCUT2D eigenvalue weighted by molar-refractivity contribution is 7.99. The molecule has 4 rings (SSSR count). The zero-order chi connectivity index (χ0) is 18.8. The van der Waals surface area contributed by atoms with Crippen LogP contribution in [-0.2, 0) is 0 Å². The third-order valence-electron chi connectivity index (χ3n) is 3.94. The maximum absolute atomic E-state index is 11.6. The first-order valence-electron chi connectivity index (χ1n) is 8.04. The van der Waals surface area contributed by atoms with Crippen molar-refractivity contribution in [2.75, 3.05) is 0 Å². The molecule has 0 amide bonds. The second kappa shape index (κ2) is 7.34. The van der Waals surface area contributed by atoms with Crippen molar-refractivity contribution in [2.24, 2.45) is 0 Å². The summed E-state index contributed by atoms with van der Waals surface area (Å²) < 4.78 is 0. The Kier molecular flexibility index (Phi) is 4.75. The Labute approximate surface area is 164 Å². The molecule has 0 saturated heterocycles. The Morgan fingerprint density at radius 1 is 0.963 bits per heavy atom. The molecule has 3 aromatic carbocycles. The SMILES string of the molecule is O=[N+]([O-])c1cc(-c2cnc3ccccc3n2)ccc1Sc1ccc(Cl)cc1. The molecule has 0 saturated carbocycles. The van der Waals surface area contributed by atoms with Crippen LogP contribution in [0.4, 0.5) is 5.69 Å². The molecule has 1 aromatic heterocycles. The molecular weight excluding hydrogens is 382 g/mol. The maximum Gasteiger partial charge on any atom is 0.283 e. The van der Waals surface area contributed by atoms with Gasteiger partial charge in [0.25, 0.3) is 5.69 Å². The van der Waals surface area contributed by atoms with Gasteiger partial charge >= 0.3 is 0 Å². The number of hydrogen-bond donors (Lipinski definition) is 0. The number of benzene rings is 3. The zero-order valence-corrected chi connectivity index (χ0v) is 15.4. The average molecular weight is 394 g/mol. The molecule has 0 fully saturated rings. The monoisotopic (exact) mass is 393 g/mol. The van der Waals surface area contributed by atoms with Gasteiger partial charge in [-0.1, -0.05) is 41.6 Å². The van der Waals surface area contributed by atoms with Crippen molar-refractivity contribution < 1.29 is 4.92 Å². The number of nitro benzene ring substituents is 1. The van der Waals surface area contributed by atoms with Gasteiger partial charge < -0.3 is 0 Å². The summed E-state index contributed by atoms with van der Waals surface area (Å²) in [7, 11) is 0. The first-order chi connectivity index (χ1) is 13.1. The highest BCUT2D eigenvalue weighted by atomic mass is 35.5. The largest absolute Gasteiger partial charge is 0.283 e. The van der Waals surface area contributed by atoms with E-state index in [0.717, 1.165) is 15.9 Å². The molecule has 0 N–H and O–H groups in total. The molecule has 0 aliphatic rings. The van der Waals surface area contributed by atoms with Gasteiger partial charge in [-0.25, -0.2) is 4.98 Å². The van der Waals surface area contributed by atoms with Crippen LogP contribution in [0.1, 0.15) is 0 Å². The summed E-state index contributed by atoms with van der Waals surface area (Å²) in [6, 6.07) is 19.8. The predicted molar refractivity (Wildman–Crippen MR) is 107 cm³/mol. The van der Waals surface area contributed by atoms with Crippen LogP contribution in [0.5, 0.6) is 0 Å². The highest BCUT2D eigenvalue weighted by Crippen LogP contribution is 2.37. The Hall–Kier alpha value is -2.96. The van der Waals surface area contributed by atoms with E-state index < -0.39 is 0 Å². The predicted octanol–water partition coefficient (Wildman–Crippen LogP) is 6.01. The van der Waals surface area contributed by atoms with Crippen molar-refractivity contribution in [1.29, 1.82) is 0 Å². The van der Waals surface area contributed by atoms with Gasteiger partial charge in [0.15, 0.2) is 0 Å². The number of nitro groups is 1. The Morgan fingerprint density at radius 3 is 2.44 bits per heavy atom. The summed E-state index contributed by atoms with van der Waals surface area (Å²) in [5.41, 5.74) is 2.81. The third kappa shape index (κ3) is 3.77. The summed E-state index contributed by atoms with van der Waals surface area (Å²) in [5, 5.41) is 12.2. The summed E-state index contributed by atoms with van der Waals surface area (Å²) in [6.45, 7) is 0. The van der Waals surface area contributed by atoms with E-state index in [2.05, 4.69) is 9.97 Å². The summed E-state index contributed by atoms with van der Waals surface area (Å²) in [6.07, 6.45) is 1.63. The Bertz CT molecular complexity index is 1150. The molecular formula is C20H12ClN3O2S. The molecule has 0 unspecified atom stereocenters. The minimum absolute atomic E-state index is 0.0300. The Morgan fingerprint density at radius 2 is 1.70 bits per heavy atom. The maximum atomic E-state index is 11.6.